The van der Waals surface area contributed by atoms with Crippen LogP contribution in [0.5, 0.6) is 0 Å². The summed E-state index contributed by atoms with van der Waals surface area (Å²) in [5.74, 6) is -0.386. The molecule has 146 valence electrons. The molecular formula is C19H13Cl2N5O2S. The Hall–Kier alpha value is -2.94. The van der Waals surface area contributed by atoms with Crippen LogP contribution in [0, 0.1) is 0 Å². The van der Waals surface area contributed by atoms with E-state index in [4.69, 9.17) is 23.2 Å². The molecule has 4 aromatic rings. The lowest BCUT2D eigenvalue weighted by Crippen LogP contribution is -2.13. The van der Waals surface area contributed by atoms with Crippen molar-refractivity contribution in [2.24, 2.45) is 0 Å². The van der Waals surface area contributed by atoms with Crippen LogP contribution in [0.1, 0.15) is 17.3 Å². The molecule has 29 heavy (non-hydrogen) atoms. The lowest BCUT2D eigenvalue weighted by Gasteiger charge is -2.04. The number of carbonyl (C=O) groups is 2. The van der Waals surface area contributed by atoms with Crippen molar-refractivity contribution in [3.63, 3.8) is 0 Å². The minimum atomic E-state index is -0.425. The minimum Gasteiger partial charge on any atom is -0.326 e. The predicted octanol–water partition coefficient (Wildman–Crippen LogP) is 4.98. The van der Waals surface area contributed by atoms with Crippen molar-refractivity contribution in [1.82, 2.24) is 14.6 Å². The van der Waals surface area contributed by atoms with Crippen molar-refractivity contribution in [1.29, 1.82) is 0 Å². The number of nitrogens with zero attached hydrogens (tertiary/aromatic N) is 3. The zero-order chi connectivity index (χ0) is 20.5. The van der Waals surface area contributed by atoms with Crippen molar-refractivity contribution < 1.29 is 9.59 Å². The summed E-state index contributed by atoms with van der Waals surface area (Å²) in [6, 6.07) is 12.0. The Bertz CT molecular complexity index is 1230. The molecular weight excluding hydrogens is 433 g/mol. The summed E-state index contributed by atoms with van der Waals surface area (Å²) in [6.45, 7) is 1.46. The molecule has 0 aliphatic rings. The van der Waals surface area contributed by atoms with Gasteiger partial charge in [-0.15, -0.1) is 16.4 Å². The molecule has 2 N–H and O–H groups in total. The highest BCUT2D eigenvalue weighted by atomic mass is 35.5. The van der Waals surface area contributed by atoms with Gasteiger partial charge >= 0.3 is 0 Å². The van der Waals surface area contributed by atoms with Gasteiger partial charge in [-0.25, -0.2) is 4.52 Å². The average molecular weight is 446 g/mol. The highest BCUT2D eigenvalue weighted by Crippen LogP contribution is 2.27. The molecule has 0 saturated carbocycles. The van der Waals surface area contributed by atoms with Crippen LogP contribution < -0.4 is 10.6 Å². The molecule has 2 amide bonds. The fourth-order valence-electron chi connectivity index (χ4n) is 2.70. The van der Waals surface area contributed by atoms with Gasteiger partial charge < -0.3 is 5.32 Å². The highest BCUT2D eigenvalue weighted by Gasteiger charge is 2.16. The normalized spacial score (nSPS) is 10.9. The molecule has 2 heterocycles. The third-order valence-electron chi connectivity index (χ3n) is 3.98. The first-order valence-electron chi connectivity index (χ1n) is 8.39. The number of fused-ring (bicyclic) bond motifs is 1. The Morgan fingerprint density at radius 2 is 1.83 bits per heavy atom. The van der Waals surface area contributed by atoms with Crippen molar-refractivity contribution in [2.45, 2.75) is 6.92 Å². The van der Waals surface area contributed by atoms with E-state index in [1.807, 2.05) is 29.6 Å². The third kappa shape index (κ3) is 4.09. The summed E-state index contributed by atoms with van der Waals surface area (Å²) >= 11 is 13.3. The molecule has 4 rings (SSSR count). The van der Waals surface area contributed by atoms with Crippen LogP contribution >= 0.6 is 34.5 Å². The Balaban J connectivity index is 1.59. The second-order valence-corrected chi connectivity index (χ2v) is 7.77. The summed E-state index contributed by atoms with van der Waals surface area (Å²) in [4.78, 5) is 28.6. The van der Waals surface area contributed by atoms with E-state index >= 15 is 0 Å². The van der Waals surface area contributed by atoms with Gasteiger partial charge in [-0.1, -0.05) is 35.3 Å². The number of thiazole rings is 1. The van der Waals surface area contributed by atoms with E-state index in [0.717, 1.165) is 11.3 Å². The summed E-state index contributed by atoms with van der Waals surface area (Å²) in [5.41, 5.74) is 2.70. The number of aromatic nitrogens is 3. The highest BCUT2D eigenvalue weighted by molar-refractivity contribution is 7.15. The van der Waals surface area contributed by atoms with E-state index in [9.17, 15) is 9.59 Å². The van der Waals surface area contributed by atoms with Crippen molar-refractivity contribution in [2.75, 3.05) is 10.6 Å². The topological polar surface area (TPSA) is 88.4 Å². The number of carbonyl (C=O) groups excluding carboxylic acids is 2. The molecule has 0 radical (unpaired) electrons. The molecule has 0 unspecified atom stereocenters. The first-order valence-corrected chi connectivity index (χ1v) is 10.0. The fourth-order valence-corrected chi connectivity index (χ4v) is 4.03. The Kier molecular flexibility index (Phi) is 5.23. The number of nitrogens with one attached hydrogen (secondary N) is 2. The van der Waals surface area contributed by atoms with Crippen molar-refractivity contribution in [3.05, 3.63) is 63.5 Å². The first kappa shape index (κ1) is 19.4. The maximum absolute atomic E-state index is 12.5. The van der Waals surface area contributed by atoms with Crippen LogP contribution in [0.4, 0.5) is 11.6 Å². The fraction of sp³-hybridized carbons (Fsp3) is 0.0526. The predicted molar refractivity (Wildman–Crippen MR) is 115 cm³/mol. The zero-order valence-electron chi connectivity index (χ0n) is 14.9. The molecule has 2 aromatic carbocycles. The van der Waals surface area contributed by atoms with Crippen LogP contribution in [0.25, 0.3) is 16.2 Å². The number of halogens is 2. The van der Waals surface area contributed by atoms with Gasteiger partial charge in [-0.2, -0.15) is 4.98 Å². The quantitative estimate of drug-likeness (QED) is 0.463. The minimum absolute atomic E-state index is 0.131. The monoisotopic (exact) mass is 445 g/mol. The molecule has 0 aliphatic heterocycles. The first-order chi connectivity index (χ1) is 13.9. The van der Waals surface area contributed by atoms with E-state index in [-0.39, 0.29) is 22.4 Å². The molecule has 0 aliphatic carbocycles. The number of anilines is 2. The third-order valence-corrected chi connectivity index (χ3v) is 5.35. The molecule has 0 atom stereocenters. The largest absolute Gasteiger partial charge is 0.326 e. The number of hydrogen-bond donors (Lipinski definition) is 2. The molecule has 0 bridgehead atoms. The van der Waals surface area contributed by atoms with Gasteiger partial charge in [0, 0.05) is 28.6 Å². The van der Waals surface area contributed by atoms with Gasteiger partial charge in [0.2, 0.25) is 10.9 Å². The lowest BCUT2D eigenvalue weighted by atomic mass is 10.1. The number of amides is 2. The molecule has 0 spiro atoms. The van der Waals surface area contributed by atoms with Gasteiger partial charge in [0.05, 0.1) is 16.3 Å². The smallest absolute Gasteiger partial charge is 0.259 e. The molecule has 2 aromatic heterocycles. The van der Waals surface area contributed by atoms with Gasteiger partial charge in [0.1, 0.15) is 0 Å². The molecule has 0 fully saturated rings. The lowest BCUT2D eigenvalue weighted by molar-refractivity contribution is -0.114. The summed E-state index contributed by atoms with van der Waals surface area (Å²) in [6.07, 6.45) is 0. The van der Waals surface area contributed by atoms with E-state index in [0.29, 0.717) is 15.7 Å². The Labute approximate surface area is 179 Å². The maximum atomic E-state index is 12.5. The SMILES string of the molecule is CC(=O)Nc1ccc(-c2csc3nc(NC(=O)c4ccc(Cl)cc4Cl)nn23)cc1. The van der Waals surface area contributed by atoms with Crippen molar-refractivity contribution >= 4 is 62.9 Å². The number of benzene rings is 2. The number of hydrogen-bond acceptors (Lipinski definition) is 5. The van der Waals surface area contributed by atoms with Gasteiger partial charge in [0.25, 0.3) is 11.9 Å². The van der Waals surface area contributed by atoms with Crippen LogP contribution in [-0.2, 0) is 4.79 Å². The second-order valence-electron chi connectivity index (χ2n) is 6.09. The summed E-state index contributed by atoms with van der Waals surface area (Å²) < 4.78 is 1.65. The second kappa shape index (κ2) is 7.82. The molecule has 7 nitrogen and oxygen atoms in total. The van der Waals surface area contributed by atoms with Crippen molar-refractivity contribution in [3.8, 4) is 11.3 Å². The molecule has 0 saturated heterocycles. The van der Waals surface area contributed by atoms with E-state index in [1.54, 1.807) is 16.6 Å². The van der Waals surface area contributed by atoms with Crippen LogP contribution in [0.2, 0.25) is 10.0 Å². The van der Waals surface area contributed by atoms with E-state index in [1.165, 1.54) is 24.3 Å². The van der Waals surface area contributed by atoms with Gasteiger partial charge in [-0.3, -0.25) is 14.9 Å². The summed E-state index contributed by atoms with van der Waals surface area (Å²) in [7, 11) is 0. The van der Waals surface area contributed by atoms with Crippen LogP contribution in [0.3, 0.4) is 0 Å². The van der Waals surface area contributed by atoms with Gasteiger partial charge in [0.15, 0.2) is 0 Å². The van der Waals surface area contributed by atoms with E-state index < -0.39 is 5.91 Å². The standard InChI is InChI=1S/C19H13Cl2N5O2S/c1-10(27)22-13-5-2-11(3-6-13)16-9-29-19-24-18(25-26(16)19)23-17(28)14-7-4-12(20)8-15(14)21/h2-9H,1H3,(H,22,27)(H,23,25,28). The zero-order valence-corrected chi connectivity index (χ0v) is 17.3. The molecule has 10 heteroatoms. The number of rotatable bonds is 4. The Morgan fingerprint density at radius 1 is 1.07 bits per heavy atom. The summed E-state index contributed by atoms with van der Waals surface area (Å²) in [5, 5.41) is 12.4. The maximum Gasteiger partial charge on any atom is 0.259 e. The van der Waals surface area contributed by atoms with Crippen LogP contribution in [-0.4, -0.2) is 26.4 Å². The average Bonchev–Trinajstić information content (AvgIpc) is 3.22. The van der Waals surface area contributed by atoms with E-state index in [2.05, 4.69) is 20.7 Å². The van der Waals surface area contributed by atoms with Crippen LogP contribution in [0.15, 0.2) is 47.8 Å². The van der Waals surface area contributed by atoms with Gasteiger partial charge in [-0.05, 0) is 30.3 Å². The Morgan fingerprint density at radius 3 is 2.52 bits per heavy atom.